The third-order valence-electron chi connectivity index (χ3n) is 5.01. The molecule has 27 heavy (non-hydrogen) atoms. The standard InChI is InChI=1S/C20H24N3O3P/c1-3-18-15(2)19(25-14-16-10-6-4-7-11-16)20(22-23-21)27(24,26-18)17-12-8-5-9-13-17/h4-13,15,18-20H,3,14H2,1-2H3. The van der Waals surface area contributed by atoms with Crippen LogP contribution in [0.3, 0.4) is 0 Å². The highest BCUT2D eigenvalue weighted by atomic mass is 31.2. The number of ether oxygens (including phenoxy) is 1. The van der Waals surface area contributed by atoms with Crippen molar-refractivity contribution in [1.29, 1.82) is 0 Å². The average Bonchev–Trinajstić information content (AvgIpc) is 2.71. The van der Waals surface area contributed by atoms with Gasteiger partial charge in [0, 0.05) is 16.1 Å². The predicted molar refractivity (Wildman–Crippen MR) is 106 cm³/mol. The van der Waals surface area contributed by atoms with Gasteiger partial charge in [-0.25, -0.2) is 0 Å². The van der Waals surface area contributed by atoms with Gasteiger partial charge >= 0.3 is 0 Å². The highest BCUT2D eigenvalue weighted by Crippen LogP contribution is 2.59. The van der Waals surface area contributed by atoms with Crippen LogP contribution < -0.4 is 5.30 Å². The number of nitrogens with zero attached hydrogens (tertiary/aromatic N) is 3. The molecule has 0 amide bonds. The molecule has 1 aliphatic rings. The minimum Gasteiger partial charge on any atom is -0.372 e. The van der Waals surface area contributed by atoms with E-state index < -0.39 is 19.3 Å². The van der Waals surface area contributed by atoms with Crippen LogP contribution in [0.1, 0.15) is 25.8 Å². The molecule has 2 aromatic carbocycles. The third-order valence-corrected chi connectivity index (χ3v) is 7.71. The van der Waals surface area contributed by atoms with E-state index in [2.05, 4.69) is 10.0 Å². The van der Waals surface area contributed by atoms with Crippen molar-refractivity contribution in [2.24, 2.45) is 11.0 Å². The zero-order chi connectivity index (χ0) is 19.3. The molecule has 1 saturated heterocycles. The smallest absolute Gasteiger partial charge is 0.243 e. The van der Waals surface area contributed by atoms with Gasteiger partial charge in [0.2, 0.25) is 7.37 Å². The summed E-state index contributed by atoms with van der Waals surface area (Å²) in [6.07, 6.45) is -0.0283. The van der Waals surface area contributed by atoms with Crippen LogP contribution >= 0.6 is 7.37 Å². The maximum atomic E-state index is 13.9. The Morgan fingerprint density at radius 2 is 1.78 bits per heavy atom. The van der Waals surface area contributed by atoms with Gasteiger partial charge in [-0.15, -0.1) is 0 Å². The summed E-state index contributed by atoms with van der Waals surface area (Å²) in [6, 6.07) is 18.8. The summed E-state index contributed by atoms with van der Waals surface area (Å²) in [5.74, 6) is -0.952. The molecule has 0 N–H and O–H groups in total. The van der Waals surface area contributed by atoms with Crippen molar-refractivity contribution in [1.82, 2.24) is 0 Å². The van der Waals surface area contributed by atoms with Gasteiger partial charge in [0.15, 0.2) is 0 Å². The molecule has 0 spiro atoms. The molecule has 7 heteroatoms. The van der Waals surface area contributed by atoms with Crippen LogP contribution in [0.4, 0.5) is 0 Å². The summed E-state index contributed by atoms with van der Waals surface area (Å²) in [4.78, 5) is 2.96. The van der Waals surface area contributed by atoms with Crippen LogP contribution in [-0.2, 0) is 20.4 Å². The minimum absolute atomic E-state index is 0.0556. The Balaban J connectivity index is 1.97. The topological polar surface area (TPSA) is 84.3 Å². The molecule has 142 valence electrons. The normalized spacial score (nSPS) is 30.4. The molecular weight excluding hydrogens is 361 g/mol. The van der Waals surface area contributed by atoms with E-state index in [1.54, 1.807) is 12.1 Å². The SMILES string of the molecule is CCC1OP(=O)(c2ccccc2)C(N=[N+]=[N-])C(OCc2ccccc2)C1C. The number of benzene rings is 2. The third kappa shape index (κ3) is 4.10. The molecule has 5 unspecified atom stereocenters. The molecule has 6 nitrogen and oxygen atoms in total. The van der Waals surface area contributed by atoms with Crippen molar-refractivity contribution < 1.29 is 13.8 Å². The quantitative estimate of drug-likeness (QED) is 0.294. The van der Waals surface area contributed by atoms with Gasteiger partial charge in [-0.3, -0.25) is 4.57 Å². The van der Waals surface area contributed by atoms with E-state index in [9.17, 15) is 4.57 Å². The number of rotatable bonds is 6. The van der Waals surface area contributed by atoms with Gasteiger partial charge in [-0.1, -0.05) is 67.5 Å². The van der Waals surface area contributed by atoms with E-state index >= 15 is 0 Å². The lowest BCUT2D eigenvalue weighted by atomic mass is 9.95. The first-order valence-electron chi connectivity index (χ1n) is 9.13. The zero-order valence-electron chi connectivity index (χ0n) is 15.5. The molecule has 0 radical (unpaired) electrons. The predicted octanol–water partition coefficient (Wildman–Crippen LogP) is 5.26. The fourth-order valence-electron chi connectivity index (χ4n) is 3.52. The van der Waals surface area contributed by atoms with Gasteiger partial charge in [-0.05, 0) is 29.6 Å². The monoisotopic (exact) mass is 385 g/mol. The van der Waals surface area contributed by atoms with Gasteiger partial charge in [0.1, 0.15) is 5.78 Å². The maximum absolute atomic E-state index is 13.9. The molecular formula is C20H24N3O3P. The van der Waals surface area contributed by atoms with Crippen LogP contribution in [0.25, 0.3) is 10.4 Å². The van der Waals surface area contributed by atoms with E-state index in [-0.39, 0.29) is 12.0 Å². The van der Waals surface area contributed by atoms with Gasteiger partial charge in [0.05, 0.1) is 18.8 Å². The van der Waals surface area contributed by atoms with Gasteiger partial charge in [-0.2, -0.15) is 0 Å². The summed E-state index contributed by atoms with van der Waals surface area (Å²) in [5.41, 5.74) is 10.1. The zero-order valence-corrected chi connectivity index (χ0v) is 16.4. The number of azide groups is 1. The largest absolute Gasteiger partial charge is 0.372 e. The van der Waals surface area contributed by atoms with Crippen LogP contribution in [0.15, 0.2) is 65.8 Å². The van der Waals surface area contributed by atoms with Crippen LogP contribution in [0.2, 0.25) is 0 Å². The van der Waals surface area contributed by atoms with Crippen LogP contribution in [-0.4, -0.2) is 18.0 Å². The maximum Gasteiger partial charge on any atom is 0.243 e. The Kier molecular flexibility index (Phi) is 6.35. The van der Waals surface area contributed by atoms with E-state index in [4.69, 9.17) is 14.8 Å². The summed E-state index contributed by atoms with van der Waals surface area (Å²) >= 11 is 0. The Morgan fingerprint density at radius 3 is 2.37 bits per heavy atom. The van der Waals surface area contributed by atoms with E-state index in [1.807, 2.05) is 62.4 Å². The number of hydrogen-bond donors (Lipinski definition) is 0. The van der Waals surface area contributed by atoms with Gasteiger partial charge < -0.3 is 9.26 Å². The Labute approximate surface area is 159 Å². The van der Waals surface area contributed by atoms with Crippen molar-refractivity contribution in [3.05, 3.63) is 76.7 Å². The molecule has 2 aromatic rings. The second-order valence-corrected chi connectivity index (χ2v) is 9.17. The highest BCUT2D eigenvalue weighted by Gasteiger charge is 2.51. The summed E-state index contributed by atoms with van der Waals surface area (Å²) < 4.78 is 26.2. The molecule has 1 fully saturated rings. The molecule has 0 saturated carbocycles. The molecule has 0 aromatic heterocycles. The molecule has 0 aliphatic carbocycles. The van der Waals surface area contributed by atoms with Crippen LogP contribution in [0, 0.1) is 5.92 Å². The first kappa shape index (κ1) is 19.7. The minimum atomic E-state index is -3.43. The van der Waals surface area contributed by atoms with E-state index in [0.29, 0.717) is 18.3 Å². The van der Waals surface area contributed by atoms with Gasteiger partial charge in [0.25, 0.3) is 0 Å². The Bertz CT molecular complexity index is 840. The fourth-order valence-corrected chi connectivity index (χ4v) is 6.33. The molecule has 1 heterocycles. The highest BCUT2D eigenvalue weighted by molar-refractivity contribution is 7.67. The second-order valence-electron chi connectivity index (χ2n) is 6.72. The lowest BCUT2D eigenvalue weighted by Gasteiger charge is -2.43. The van der Waals surface area contributed by atoms with Crippen molar-refractivity contribution in [3.63, 3.8) is 0 Å². The lowest BCUT2D eigenvalue weighted by molar-refractivity contribution is -0.0510. The molecule has 3 rings (SSSR count). The summed E-state index contributed by atoms with van der Waals surface area (Å²) in [7, 11) is -3.43. The van der Waals surface area contributed by atoms with Crippen molar-refractivity contribution in [2.75, 3.05) is 0 Å². The summed E-state index contributed by atoms with van der Waals surface area (Å²) in [5, 5.41) is 4.45. The molecule has 5 atom stereocenters. The average molecular weight is 385 g/mol. The molecule has 1 aliphatic heterocycles. The molecule has 0 bridgehead atoms. The Hall–Kier alpha value is -2.10. The lowest BCUT2D eigenvalue weighted by Crippen LogP contribution is -2.47. The first-order valence-corrected chi connectivity index (χ1v) is 10.8. The van der Waals surface area contributed by atoms with Crippen LogP contribution in [0.5, 0.6) is 0 Å². The second kappa shape index (κ2) is 8.73. The van der Waals surface area contributed by atoms with Crippen molar-refractivity contribution in [2.45, 2.75) is 44.9 Å². The van der Waals surface area contributed by atoms with Crippen molar-refractivity contribution >= 4 is 12.7 Å². The van der Waals surface area contributed by atoms with E-state index in [1.165, 1.54) is 0 Å². The fraction of sp³-hybridized carbons (Fsp3) is 0.400. The Morgan fingerprint density at radius 1 is 1.15 bits per heavy atom. The summed E-state index contributed by atoms with van der Waals surface area (Å²) in [6.45, 7) is 4.36. The number of hydrogen-bond acceptors (Lipinski definition) is 4. The first-order chi connectivity index (χ1) is 13.1. The van der Waals surface area contributed by atoms with E-state index in [0.717, 1.165) is 5.56 Å². The van der Waals surface area contributed by atoms with Crippen molar-refractivity contribution in [3.8, 4) is 0 Å².